The van der Waals surface area contributed by atoms with Crippen molar-refractivity contribution in [2.24, 2.45) is 5.10 Å². The van der Waals surface area contributed by atoms with Gasteiger partial charge >= 0.3 is 0 Å². The summed E-state index contributed by atoms with van der Waals surface area (Å²) < 4.78 is 1.78. The van der Waals surface area contributed by atoms with Crippen molar-refractivity contribution in [1.29, 1.82) is 0 Å². The summed E-state index contributed by atoms with van der Waals surface area (Å²) in [6.07, 6.45) is 9.96. The zero-order valence-electron chi connectivity index (χ0n) is 14.8. The van der Waals surface area contributed by atoms with Crippen molar-refractivity contribution in [1.82, 2.24) is 25.2 Å². The largest absolute Gasteiger partial charge is 0.272 e. The summed E-state index contributed by atoms with van der Waals surface area (Å²) in [4.78, 5) is 20.1. The Morgan fingerprint density at radius 2 is 1.79 bits per heavy atom. The molecule has 0 saturated carbocycles. The molecule has 3 heterocycles. The molecule has 0 radical (unpaired) electrons. The molecule has 0 atom stereocenters. The van der Waals surface area contributed by atoms with E-state index in [4.69, 9.17) is 0 Å². The van der Waals surface area contributed by atoms with Crippen molar-refractivity contribution in [2.45, 2.75) is 0 Å². The van der Waals surface area contributed by atoms with Crippen LogP contribution in [0.3, 0.4) is 0 Å². The van der Waals surface area contributed by atoms with Crippen LogP contribution in [0.25, 0.3) is 16.9 Å². The highest BCUT2D eigenvalue weighted by atomic mass is 16.2. The predicted octanol–water partition coefficient (Wildman–Crippen LogP) is 3.09. The van der Waals surface area contributed by atoms with Gasteiger partial charge in [0.1, 0.15) is 5.69 Å². The van der Waals surface area contributed by atoms with E-state index in [0.717, 1.165) is 22.5 Å². The monoisotopic (exact) mass is 368 g/mol. The molecule has 1 N–H and O–H groups in total. The van der Waals surface area contributed by atoms with Crippen molar-refractivity contribution < 1.29 is 4.79 Å². The van der Waals surface area contributed by atoms with Gasteiger partial charge in [-0.2, -0.15) is 10.2 Å². The molecule has 7 heteroatoms. The molecule has 0 aliphatic carbocycles. The number of rotatable bonds is 5. The average molecular weight is 368 g/mol. The third-order valence-electron chi connectivity index (χ3n) is 4.01. The first-order chi connectivity index (χ1) is 13.8. The summed E-state index contributed by atoms with van der Waals surface area (Å²) >= 11 is 0. The van der Waals surface area contributed by atoms with E-state index in [-0.39, 0.29) is 5.91 Å². The SMILES string of the molecule is O=C(N/N=C\c1cn(-c2ccccc2)nc1-c1ccncc1)c1cccnc1. The fraction of sp³-hybridized carbons (Fsp3) is 0. The summed E-state index contributed by atoms with van der Waals surface area (Å²) in [5, 5.41) is 8.77. The van der Waals surface area contributed by atoms with E-state index in [2.05, 4.69) is 25.6 Å². The molecule has 28 heavy (non-hydrogen) atoms. The highest BCUT2D eigenvalue weighted by Gasteiger charge is 2.11. The Morgan fingerprint density at radius 1 is 0.964 bits per heavy atom. The fourth-order valence-corrected chi connectivity index (χ4v) is 2.65. The van der Waals surface area contributed by atoms with Crippen LogP contribution < -0.4 is 5.43 Å². The van der Waals surface area contributed by atoms with Gasteiger partial charge in [-0.25, -0.2) is 10.1 Å². The van der Waals surface area contributed by atoms with E-state index < -0.39 is 0 Å². The van der Waals surface area contributed by atoms with E-state index in [1.54, 1.807) is 41.6 Å². The lowest BCUT2D eigenvalue weighted by Crippen LogP contribution is -2.17. The second-order valence-electron chi connectivity index (χ2n) is 5.89. The molecule has 136 valence electrons. The molecule has 1 amide bonds. The van der Waals surface area contributed by atoms with Gasteiger partial charge in [0.2, 0.25) is 0 Å². The number of pyridine rings is 2. The topological polar surface area (TPSA) is 85.1 Å². The molecule has 1 aromatic carbocycles. The van der Waals surface area contributed by atoms with Crippen molar-refractivity contribution in [3.8, 4) is 16.9 Å². The quantitative estimate of drug-likeness (QED) is 0.433. The van der Waals surface area contributed by atoms with E-state index in [9.17, 15) is 4.79 Å². The van der Waals surface area contributed by atoms with Gasteiger partial charge in [-0.1, -0.05) is 18.2 Å². The Labute approximate surface area is 161 Å². The van der Waals surface area contributed by atoms with E-state index in [0.29, 0.717) is 5.56 Å². The summed E-state index contributed by atoms with van der Waals surface area (Å²) in [6, 6.07) is 16.9. The minimum absolute atomic E-state index is 0.328. The van der Waals surface area contributed by atoms with Gasteiger partial charge in [-0.3, -0.25) is 14.8 Å². The van der Waals surface area contributed by atoms with Crippen LogP contribution in [0.1, 0.15) is 15.9 Å². The number of hydrazone groups is 1. The summed E-state index contributed by atoms with van der Waals surface area (Å²) in [5.74, 6) is -0.328. The molecule has 0 aliphatic heterocycles. The van der Waals surface area contributed by atoms with Gasteiger partial charge in [0, 0.05) is 42.1 Å². The lowest BCUT2D eigenvalue weighted by molar-refractivity contribution is 0.0955. The number of hydrogen-bond acceptors (Lipinski definition) is 5. The molecule has 0 spiro atoms. The molecule has 0 unspecified atom stereocenters. The van der Waals surface area contributed by atoms with Crippen molar-refractivity contribution >= 4 is 12.1 Å². The van der Waals surface area contributed by atoms with Crippen LogP contribution in [-0.2, 0) is 0 Å². The Kier molecular flexibility index (Phi) is 4.97. The number of para-hydroxylation sites is 1. The zero-order chi connectivity index (χ0) is 19.2. The Hall–Kier alpha value is -4.13. The van der Waals surface area contributed by atoms with E-state index in [1.165, 1.54) is 6.20 Å². The third kappa shape index (κ3) is 3.83. The second kappa shape index (κ2) is 8.05. The van der Waals surface area contributed by atoms with E-state index in [1.807, 2.05) is 48.7 Å². The lowest BCUT2D eigenvalue weighted by Gasteiger charge is -2.00. The maximum atomic E-state index is 12.1. The van der Waals surface area contributed by atoms with Crippen molar-refractivity contribution in [3.05, 3.63) is 96.7 Å². The minimum Gasteiger partial charge on any atom is -0.267 e. The molecular weight excluding hydrogens is 352 g/mol. The van der Waals surface area contributed by atoms with Gasteiger partial charge in [0.25, 0.3) is 5.91 Å². The smallest absolute Gasteiger partial charge is 0.267 e. The molecule has 4 aromatic rings. The van der Waals surface area contributed by atoms with Crippen LogP contribution in [0, 0.1) is 0 Å². The van der Waals surface area contributed by atoms with Crippen LogP contribution in [0.5, 0.6) is 0 Å². The van der Waals surface area contributed by atoms with Gasteiger partial charge in [0.15, 0.2) is 0 Å². The van der Waals surface area contributed by atoms with Crippen LogP contribution in [-0.4, -0.2) is 31.9 Å². The third-order valence-corrected chi connectivity index (χ3v) is 4.01. The maximum Gasteiger partial charge on any atom is 0.272 e. The number of carbonyl (C=O) groups excluding carboxylic acids is 1. The predicted molar refractivity (Wildman–Crippen MR) is 106 cm³/mol. The minimum atomic E-state index is -0.328. The van der Waals surface area contributed by atoms with Crippen LogP contribution in [0.15, 0.2) is 90.7 Å². The zero-order valence-corrected chi connectivity index (χ0v) is 14.8. The normalized spacial score (nSPS) is 10.9. The number of hydrogen-bond donors (Lipinski definition) is 1. The Bertz CT molecular complexity index is 1090. The summed E-state index contributed by atoms with van der Waals surface area (Å²) in [5.41, 5.74) is 6.30. The fourth-order valence-electron chi connectivity index (χ4n) is 2.65. The number of aromatic nitrogens is 4. The first-order valence-corrected chi connectivity index (χ1v) is 8.60. The molecule has 0 bridgehead atoms. The van der Waals surface area contributed by atoms with Gasteiger partial charge < -0.3 is 0 Å². The standard InChI is InChI=1S/C21H16N6O/c28-21(17-5-4-10-23-13-17)25-24-14-18-15-27(19-6-2-1-3-7-19)26-20(18)16-8-11-22-12-9-16/h1-15H,(H,25,28)/b24-14-. The molecule has 0 fully saturated rings. The summed E-state index contributed by atoms with van der Waals surface area (Å²) in [6.45, 7) is 0. The van der Waals surface area contributed by atoms with Gasteiger partial charge in [-0.15, -0.1) is 0 Å². The molecule has 7 nitrogen and oxygen atoms in total. The van der Waals surface area contributed by atoms with Crippen LogP contribution in [0.2, 0.25) is 0 Å². The first kappa shape index (κ1) is 17.3. The Balaban J connectivity index is 1.63. The highest BCUT2D eigenvalue weighted by molar-refractivity contribution is 5.95. The number of benzene rings is 1. The number of carbonyl (C=O) groups is 1. The van der Waals surface area contributed by atoms with Crippen LogP contribution in [0.4, 0.5) is 0 Å². The number of nitrogens with zero attached hydrogens (tertiary/aromatic N) is 5. The summed E-state index contributed by atoms with van der Waals surface area (Å²) in [7, 11) is 0. The van der Waals surface area contributed by atoms with E-state index >= 15 is 0 Å². The average Bonchev–Trinajstić information content (AvgIpc) is 3.20. The van der Waals surface area contributed by atoms with Gasteiger partial charge in [-0.05, 0) is 36.4 Å². The number of amides is 1. The molecule has 0 saturated heterocycles. The number of nitrogens with one attached hydrogen (secondary N) is 1. The molecule has 3 aromatic heterocycles. The Morgan fingerprint density at radius 3 is 2.54 bits per heavy atom. The molecule has 4 rings (SSSR count). The second-order valence-corrected chi connectivity index (χ2v) is 5.89. The highest BCUT2D eigenvalue weighted by Crippen LogP contribution is 2.21. The maximum absolute atomic E-state index is 12.1. The molecule has 0 aliphatic rings. The molecular formula is C21H16N6O. The van der Waals surface area contributed by atoms with Crippen molar-refractivity contribution in [2.75, 3.05) is 0 Å². The van der Waals surface area contributed by atoms with Crippen LogP contribution >= 0.6 is 0 Å². The van der Waals surface area contributed by atoms with Gasteiger partial charge in [0.05, 0.1) is 17.5 Å². The lowest BCUT2D eigenvalue weighted by atomic mass is 10.1. The first-order valence-electron chi connectivity index (χ1n) is 8.60. The van der Waals surface area contributed by atoms with Crippen molar-refractivity contribution in [3.63, 3.8) is 0 Å².